The summed E-state index contributed by atoms with van der Waals surface area (Å²) < 4.78 is 0. The van der Waals surface area contributed by atoms with Gasteiger partial charge in [0.15, 0.2) is 0 Å². The van der Waals surface area contributed by atoms with Crippen LogP contribution in [0.1, 0.15) is 28.4 Å². The minimum atomic E-state index is 0.0906. The number of carbonyl (C=O) groups is 1. The summed E-state index contributed by atoms with van der Waals surface area (Å²) in [5, 5.41) is 3.23. The summed E-state index contributed by atoms with van der Waals surface area (Å²) >= 11 is 0. The number of hydrogen-bond donors (Lipinski definition) is 1. The summed E-state index contributed by atoms with van der Waals surface area (Å²) in [7, 11) is 0. The van der Waals surface area contributed by atoms with E-state index in [0.717, 1.165) is 42.3 Å². The number of anilines is 3. The second-order valence-electron chi connectivity index (χ2n) is 7.43. The molecule has 0 bridgehead atoms. The van der Waals surface area contributed by atoms with Crippen LogP contribution in [0.2, 0.25) is 0 Å². The Morgan fingerprint density at radius 2 is 1.70 bits per heavy atom. The van der Waals surface area contributed by atoms with Gasteiger partial charge in [-0.25, -0.2) is 15.0 Å². The molecule has 0 aliphatic carbocycles. The second-order valence-corrected chi connectivity index (χ2v) is 7.43. The van der Waals surface area contributed by atoms with Crippen molar-refractivity contribution < 1.29 is 4.79 Å². The van der Waals surface area contributed by atoms with Crippen molar-refractivity contribution in [3.8, 4) is 0 Å². The highest BCUT2D eigenvalue weighted by Crippen LogP contribution is 2.20. The van der Waals surface area contributed by atoms with E-state index in [-0.39, 0.29) is 5.91 Å². The van der Waals surface area contributed by atoms with Gasteiger partial charge in [-0.15, -0.1) is 0 Å². The summed E-state index contributed by atoms with van der Waals surface area (Å²) in [5.41, 5.74) is 3.12. The third-order valence-corrected chi connectivity index (χ3v) is 5.32. The van der Waals surface area contributed by atoms with E-state index in [9.17, 15) is 4.79 Å². The SMILES string of the molecule is CCc1ccc(C(=O)N2CCN(c3cc(Nc4cc(C)ccn4)ncn3)CC2)cc1. The molecule has 7 heteroatoms. The van der Waals surface area contributed by atoms with Gasteiger partial charge in [0.1, 0.15) is 23.8 Å². The largest absolute Gasteiger partial charge is 0.353 e. The van der Waals surface area contributed by atoms with E-state index < -0.39 is 0 Å². The third-order valence-electron chi connectivity index (χ3n) is 5.32. The van der Waals surface area contributed by atoms with Crippen LogP contribution in [0, 0.1) is 6.92 Å². The number of carbonyl (C=O) groups excluding carboxylic acids is 1. The normalized spacial score (nSPS) is 13.9. The maximum atomic E-state index is 12.8. The molecule has 154 valence electrons. The Hall–Kier alpha value is -3.48. The van der Waals surface area contributed by atoms with Crippen molar-refractivity contribution >= 4 is 23.4 Å². The molecule has 1 fully saturated rings. The lowest BCUT2D eigenvalue weighted by Gasteiger charge is -2.35. The smallest absolute Gasteiger partial charge is 0.253 e. The molecule has 1 aliphatic heterocycles. The first kappa shape index (κ1) is 19.8. The van der Waals surface area contributed by atoms with Crippen LogP contribution in [0.15, 0.2) is 55.0 Å². The predicted molar refractivity (Wildman–Crippen MR) is 118 cm³/mol. The van der Waals surface area contributed by atoms with E-state index in [1.54, 1.807) is 12.5 Å². The summed E-state index contributed by atoms with van der Waals surface area (Å²) in [6.07, 6.45) is 4.30. The van der Waals surface area contributed by atoms with Crippen LogP contribution in [-0.2, 0) is 6.42 Å². The van der Waals surface area contributed by atoms with Crippen LogP contribution < -0.4 is 10.2 Å². The first-order valence-electron chi connectivity index (χ1n) is 10.3. The average molecular weight is 403 g/mol. The zero-order valence-corrected chi connectivity index (χ0v) is 17.4. The lowest BCUT2D eigenvalue weighted by Crippen LogP contribution is -2.49. The summed E-state index contributed by atoms with van der Waals surface area (Å²) in [5.74, 6) is 2.39. The third kappa shape index (κ3) is 4.56. The molecule has 1 aliphatic rings. The molecular formula is C23H26N6O. The molecule has 0 saturated carbocycles. The van der Waals surface area contributed by atoms with Crippen LogP contribution in [-0.4, -0.2) is 51.9 Å². The molecule has 3 heterocycles. The van der Waals surface area contributed by atoms with Gasteiger partial charge in [-0.1, -0.05) is 19.1 Å². The number of piperazine rings is 1. The minimum Gasteiger partial charge on any atom is -0.353 e. The molecule has 4 rings (SSSR count). The van der Waals surface area contributed by atoms with Crippen LogP contribution >= 0.6 is 0 Å². The van der Waals surface area contributed by atoms with Gasteiger partial charge >= 0.3 is 0 Å². The molecule has 0 spiro atoms. The Balaban J connectivity index is 1.38. The Bertz CT molecular complexity index is 1010. The van der Waals surface area contributed by atoms with Crippen molar-refractivity contribution in [2.45, 2.75) is 20.3 Å². The maximum Gasteiger partial charge on any atom is 0.253 e. The number of pyridine rings is 1. The number of aromatic nitrogens is 3. The van der Waals surface area contributed by atoms with Crippen molar-refractivity contribution in [1.29, 1.82) is 0 Å². The Morgan fingerprint density at radius 1 is 0.967 bits per heavy atom. The van der Waals surface area contributed by atoms with Gasteiger partial charge < -0.3 is 15.1 Å². The summed E-state index contributed by atoms with van der Waals surface area (Å²) in [4.78, 5) is 29.9. The molecule has 1 N–H and O–H groups in total. The van der Waals surface area contributed by atoms with E-state index in [0.29, 0.717) is 18.9 Å². The highest BCUT2D eigenvalue weighted by molar-refractivity contribution is 5.94. The van der Waals surface area contributed by atoms with E-state index in [2.05, 4.69) is 32.1 Å². The quantitative estimate of drug-likeness (QED) is 0.705. The maximum absolute atomic E-state index is 12.8. The first-order chi connectivity index (χ1) is 14.6. The molecular weight excluding hydrogens is 376 g/mol. The zero-order chi connectivity index (χ0) is 20.9. The topological polar surface area (TPSA) is 74.2 Å². The lowest BCUT2D eigenvalue weighted by molar-refractivity contribution is 0.0746. The number of nitrogens with one attached hydrogen (secondary N) is 1. The highest BCUT2D eigenvalue weighted by Gasteiger charge is 2.23. The van der Waals surface area contributed by atoms with Gasteiger partial charge in [0, 0.05) is 44.0 Å². The lowest BCUT2D eigenvalue weighted by atomic mass is 10.1. The molecule has 1 amide bonds. The van der Waals surface area contributed by atoms with Crippen molar-refractivity contribution in [1.82, 2.24) is 19.9 Å². The Morgan fingerprint density at radius 3 is 2.40 bits per heavy atom. The fourth-order valence-electron chi connectivity index (χ4n) is 3.53. The summed E-state index contributed by atoms with van der Waals surface area (Å²) in [6, 6.07) is 13.8. The summed E-state index contributed by atoms with van der Waals surface area (Å²) in [6.45, 7) is 6.94. The minimum absolute atomic E-state index is 0.0906. The number of rotatable bonds is 5. The Labute approximate surface area is 176 Å². The standard InChI is InChI=1S/C23H26N6O/c1-3-18-4-6-19(7-5-18)23(30)29-12-10-28(11-13-29)22-15-21(25-16-26-22)27-20-14-17(2)8-9-24-20/h4-9,14-16H,3,10-13H2,1-2H3,(H,24,25,26,27). The Kier molecular flexibility index (Phi) is 5.88. The van der Waals surface area contributed by atoms with E-state index in [1.807, 2.05) is 54.3 Å². The predicted octanol–water partition coefficient (Wildman–Crippen LogP) is 3.45. The molecule has 3 aromatic rings. The molecule has 2 aromatic heterocycles. The number of aryl methyl sites for hydroxylation is 2. The van der Waals surface area contributed by atoms with Crippen molar-refractivity contribution in [3.63, 3.8) is 0 Å². The number of amides is 1. The van der Waals surface area contributed by atoms with E-state index >= 15 is 0 Å². The van der Waals surface area contributed by atoms with Crippen LogP contribution in [0.4, 0.5) is 17.5 Å². The zero-order valence-electron chi connectivity index (χ0n) is 17.4. The second kappa shape index (κ2) is 8.90. The van der Waals surface area contributed by atoms with Crippen molar-refractivity contribution in [2.75, 3.05) is 36.4 Å². The van der Waals surface area contributed by atoms with E-state index in [1.165, 1.54) is 5.56 Å². The number of nitrogens with zero attached hydrogens (tertiary/aromatic N) is 5. The fourth-order valence-corrected chi connectivity index (χ4v) is 3.53. The molecule has 0 unspecified atom stereocenters. The van der Waals surface area contributed by atoms with Gasteiger partial charge in [-0.2, -0.15) is 0 Å². The van der Waals surface area contributed by atoms with Crippen LogP contribution in [0.5, 0.6) is 0 Å². The number of hydrogen-bond acceptors (Lipinski definition) is 6. The molecule has 7 nitrogen and oxygen atoms in total. The van der Waals surface area contributed by atoms with Gasteiger partial charge in [0.25, 0.3) is 5.91 Å². The first-order valence-corrected chi connectivity index (χ1v) is 10.3. The molecule has 1 saturated heterocycles. The van der Waals surface area contributed by atoms with E-state index in [4.69, 9.17) is 0 Å². The van der Waals surface area contributed by atoms with Gasteiger partial charge in [0.2, 0.25) is 0 Å². The molecule has 0 atom stereocenters. The van der Waals surface area contributed by atoms with Gasteiger partial charge in [-0.05, 0) is 48.7 Å². The molecule has 1 aromatic carbocycles. The average Bonchev–Trinajstić information content (AvgIpc) is 2.79. The van der Waals surface area contributed by atoms with Crippen molar-refractivity contribution in [2.24, 2.45) is 0 Å². The van der Waals surface area contributed by atoms with Gasteiger partial charge in [-0.3, -0.25) is 4.79 Å². The fraction of sp³-hybridized carbons (Fsp3) is 0.304. The molecule has 0 radical (unpaired) electrons. The highest BCUT2D eigenvalue weighted by atomic mass is 16.2. The van der Waals surface area contributed by atoms with Crippen molar-refractivity contribution in [3.05, 3.63) is 71.7 Å². The van der Waals surface area contributed by atoms with Crippen LogP contribution in [0.25, 0.3) is 0 Å². The van der Waals surface area contributed by atoms with Crippen LogP contribution in [0.3, 0.4) is 0 Å². The van der Waals surface area contributed by atoms with Gasteiger partial charge in [0.05, 0.1) is 0 Å². The number of benzene rings is 1. The molecule has 30 heavy (non-hydrogen) atoms. The monoisotopic (exact) mass is 402 g/mol.